The smallest absolute Gasteiger partial charge is 0.224 e. The number of carbonyl (C=O) groups is 1. The van der Waals surface area contributed by atoms with Crippen LogP contribution in [0.1, 0.15) is 25.7 Å². The Balaban J connectivity index is 0.00000200. The number of nitrogens with zero attached hydrogens (tertiary/aromatic N) is 3. The summed E-state index contributed by atoms with van der Waals surface area (Å²) in [4.78, 5) is 12.0. The Morgan fingerprint density at radius 3 is 2.67 bits per heavy atom. The molecule has 0 bridgehead atoms. The first-order valence-corrected chi connectivity index (χ1v) is 6.38. The fourth-order valence-corrected chi connectivity index (χ4v) is 1.97. The molecule has 0 fully saturated rings. The van der Waals surface area contributed by atoms with E-state index in [1.807, 2.05) is 49.7 Å². The molecule has 8 heteroatoms. The number of pyridine rings is 1. The maximum atomic E-state index is 12.0. The summed E-state index contributed by atoms with van der Waals surface area (Å²) in [5.74, 6) is 0.668. The second kappa shape index (κ2) is 8.81. The van der Waals surface area contributed by atoms with Crippen LogP contribution in [0.5, 0.6) is 0 Å². The van der Waals surface area contributed by atoms with Crippen molar-refractivity contribution in [1.82, 2.24) is 25.2 Å². The molecule has 2 heterocycles. The van der Waals surface area contributed by atoms with Crippen molar-refractivity contribution < 1.29 is 4.79 Å². The van der Waals surface area contributed by atoms with E-state index in [1.54, 1.807) is 0 Å². The monoisotopic (exact) mass is 333 g/mol. The molecule has 2 rings (SSSR count). The number of hydrogen-bond acceptors (Lipinski definition) is 4. The molecule has 0 spiro atoms. The van der Waals surface area contributed by atoms with Gasteiger partial charge in [-0.3, -0.25) is 9.20 Å². The van der Waals surface area contributed by atoms with Crippen LogP contribution in [0.4, 0.5) is 0 Å². The topological polar surface area (TPSA) is 71.3 Å². The van der Waals surface area contributed by atoms with Gasteiger partial charge in [0, 0.05) is 18.7 Å². The van der Waals surface area contributed by atoms with Gasteiger partial charge in [0.25, 0.3) is 0 Å². The zero-order valence-electron chi connectivity index (χ0n) is 12.2. The van der Waals surface area contributed by atoms with E-state index >= 15 is 0 Å². The van der Waals surface area contributed by atoms with Gasteiger partial charge in [-0.15, -0.1) is 35.0 Å². The Morgan fingerprint density at radius 2 is 2.00 bits per heavy atom. The van der Waals surface area contributed by atoms with Crippen molar-refractivity contribution in [3.05, 3.63) is 30.2 Å². The first kappa shape index (κ1) is 19.6. The van der Waals surface area contributed by atoms with Crippen LogP contribution in [0.3, 0.4) is 0 Å². The summed E-state index contributed by atoms with van der Waals surface area (Å²) in [6.07, 6.45) is 1.89. The third kappa shape index (κ3) is 4.56. The van der Waals surface area contributed by atoms with E-state index in [2.05, 4.69) is 20.8 Å². The molecular formula is C13H21Cl2N5O. The third-order valence-electron chi connectivity index (χ3n) is 3.04. The Morgan fingerprint density at radius 1 is 1.29 bits per heavy atom. The second-order valence-electron chi connectivity index (χ2n) is 4.68. The molecule has 1 amide bonds. The van der Waals surface area contributed by atoms with Crippen molar-refractivity contribution >= 4 is 36.4 Å². The summed E-state index contributed by atoms with van der Waals surface area (Å²) in [6, 6.07) is 5.53. The van der Waals surface area contributed by atoms with Gasteiger partial charge in [-0.05, 0) is 26.1 Å². The van der Waals surface area contributed by atoms with Gasteiger partial charge in [0.2, 0.25) is 5.91 Å². The van der Waals surface area contributed by atoms with E-state index < -0.39 is 0 Å². The lowest BCUT2D eigenvalue weighted by atomic mass is 10.1. The molecule has 2 aromatic rings. The standard InChI is InChI=1S/C13H19N5O.2ClH/c1-9(8-14-3)13(19)15-10(2)12-17-16-11-6-4-5-7-18(11)12;;/h4-7,9-10,14H,8H2,1-3H3,(H,15,19);2*1H. The lowest BCUT2D eigenvalue weighted by Crippen LogP contribution is -2.36. The minimum absolute atomic E-state index is 0. The molecule has 2 unspecified atom stereocenters. The second-order valence-corrected chi connectivity index (χ2v) is 4.68. The van der Waals surface area contributed by atoms with Crippen LogP contribution in [0.2, 0.25) is 0 Å². The van der Waals surface area contributed by atoms with Gasteiger partial charge >= 0.3 is 0 Å². The Bertz CT molecular complexity index is 574. The molecule has 0 aliphatic heterocycles. The van der Waals surface area contributed by atoms with Crippen molar-refractivity contribution in [2.75, 3.05) is 13.6 Å². The number of hydrogen-bond donors (Lipinski definition) is 2. The van der Waals surface area contributed by atoms with Crippen LogP contribution in [0, 0.1) is 5.92 Å². The van der Waals surface area contributed by atoms with Gasteiger partial charge in [0.15, 0.2) is 11.5 Å². The van der Waals surface area contributed by atoms with Gasteiger partial charge in [0.1, 0.15) is 0 Å². The summed E-state index contributed by atoms with van der Waals surface area (Å²) in [5, 5.41) is 14.2. The predicted octanol–water partition coefficient (Wildman–Crippen LogP) is 1.61. The molecule has 0 aromatic carbocycles. The first-order chi connectivity index (χ1) is 9.13. The fraction of sp³-hybridized carbons (Fsp3) is 0.462. The molecule has 0 radical (unpaired) electrons. The van der Waals surface area contributed by atoms with E-state index in [0.717, 1.165) is 11.5 Å². The molecule has 2 aromatic heterocycles. The SMILES string of the molecule is CNCC(C)C(=O)NC(C)c1nnc2ccccn12.Cl.Cl. The molecule has 2 N–H and O–H groups in total. The van der Waals surface area contributed by atoms with Crippen LogP contribution in [-0.2, 0) is 4.79 Å². The molecule has 0 aliphatic carbocycles. The Hall–Kier alpha value is -1.37. The quantitative estimate of drug-likeness (QED) is 0.871. The van der Waals surface area contributed by atoms with Crippen LogP contribution >= 0.6 is 24.8 Å². The zero-order chi connectivity index (χ0) is 13.8. The highest BCUT2D eigenvalue weighted by molar-refractivity contribution is 5.85. The van der Waals surface area contributed by atoms with Crippen molar-refractivity contribution in [1.29, 1.82) is 0 Å². The van der Waals surface area contributed by atoms with Crippen molar-refractivity contribution in [3.63, 3.8) is 0 Å². The lowest BCUT2D eigenvalue weighted by Gasteiger charge is -2.16. The number of nitrogens with one attached hydrogen (secondary N) is 2. The highest BCUT2D eigenvalue weighted by atomic mass is 35.5. The summed E-state index contributed by atoms with van der Waals surface area (Å²) in [7, 11) is 1.83. The van der Waals surface area contributed by atoms with E-state index in [0.29, 0.717) is 6.54 Å². The molecule has 21 heavy (non-hydrogen) atoms. The van der Waals surface area contributed by atoms with Gasteiger partial charge in [-0.2, -0.15) is 0 Å². The van der Waals surface area contributed by atoms with Gasteiger partial charge in [-0.25, -0.2) is 0 Å². The maximum absolute atomic E-state index is 12.0. The molecule has 2 atom stereocenters. The highest BCUT2D eigenvalue weighted by Crippen LogP contribution is 2.12. The molecule has 0 aliphatic rings. The molecule has 118 valence electrons. The highest BCUT2D eigenvalue weighted by Gasteiger charge is 2.18. The number of amides is 1. The van der Waals surface area contributed by atoms with Crippen LogP contribution < -0.4 is 10.6 Å². The van der Waals surface area contributed by atoms with Crippen molar-refractivity contribution in [3.8, 4) is 0 Å². The van der Waals surface area contributed by atoms with Crippen LogP contribution in [0.25, 0.3) is 5.65 Å². The van der Waals surface area contributed by atoms with Crippen LogP contribution in [0.15, 0.2) is 24.4 Å². The van der Waals surface area contributed by atoms with Crippen molar-refractivity contribution in [2.45, 2.75) is 19.9 Å². The number of carbonyl (C=O) groups excluding carboxylic acids is 1. The van der Waals surface area contributed by atoms with E-state index in [1.165, 1.54) is 0 Å². The normalized spacial score (nSPS) is 12.9. The third-order valence-corrected chi connectivity index (χ3v) is 3.04. The molecular weight excluding hydrogens is 313 g/mol. The number of rotatable bonds is 5. The predicted molar refractivity (Wildman–Crippen MR) is 87.1 cm³/mol. The van der Waals surface area contributed by atoms with Crippen molar-refractivity contribution in [2.24, 2.45) is 5.92 Å². The van der Waals surface area contributed by atoms with Gasteiger partial charge in [-0.1, -0.05) is 13.0 Å². The average molecular weight is 334 g/mol. The van der Waals surface area contributed by atoms with E-state index in [-0.39, 0.29) is 42.7 Å². The number of aromatic nitrogens is 3. The number of fused-ring (bicyclic) bond motifs is 1. The van der Waals surface area contributed by atoms with Crippen LogP contribution in [-0.4, -0.2) is 34.1 Å². The van der Waals surface area contributed by atoms with Gasteiger partial charge in [0.05, 0.1) is 6.04 Å². The summed E-state index contributed by atoms with van der Waals surface area (Å²) >= 11 is 0. The minimum atomic E-state index is -0.177. The molecule has 0 saturated heterocycles. The molecule has 6 nitrogen and oxygen atoms in total. The largest absolute Gasteiger partial charge is 0.346 e. The van der Waals surface area contributed by atoms with E-state index in [4.69, 9.17) is 0 Å². The fourth-order valence-electron chi connectivity index (χ4n) is 1.97. The summed E-state index contributed by atoms with van der Waals surface area (Å²) < 4.78 is 1.88. The minimum Gasteiger partial charge on any atom is -0.346 e. The summed E-state index contributed by atoms with van der Waals surface area (Å²) in [5.41, 5.74) is 0.780. The Labute approximate surface area is 136 Å². The lowest BCUT2D eigenvalue weighted by molar-refractivity contribution is -0.125. The number of halogens is 2. The first-order valence-electron chi connectivity index (χ1n) is 6.38. The van der Waals surface area contributed by atoms with E-state index in [9.17, 15) is 4.79 Å². The Kier molecular flexibility index (Phi) is 8.24. The molecule has 0 saturated carbocycles. The zero-order valence-corrected chi connectivity index (χ0v) is 13.9. The summed E-state index contributed by atoms with van der Waals surface area (Å²) in [6.45, 7) is 4.45. The van der Waals surface area contributed by atoms with Gasteiger partial charge < -0.3 is 10.6 Å². The average Bonchev–Trinajstić information content (AvgIpc) is 2.82. The maximum Gasteiger partial charge on any atom is 0.224 e.